The second-order valence-corrected chi connectivity index (χ2v) is 6.02. The Hall–Kier alpha value is -2.27. The highest BCUT2D eigenvalue weighted by molar-refractivity contribution is 7.80. The molecule has 2 aromatic carbocycles. The summed E-state index contributed by atoms with van der Waals surface area (Å²) in [5.74, 6) is 1.61. The van der Waals surface area contributed by atoms with Crippen molar-refractivity contribution in [3.8, 4) is 11.5 Å². The maximum Gasteiger partial charge on any atom is 0.173 e. The molecule has 0 spiro atoms. The van der Waals surface area contributed by atoms with Crippen molar-refractivity contribution < 1.29 is 9.47 Å². The number of nitrogens with zero attached hydrogens (tertiary/aromatic N) is 1. The molecule has 0 aromatic heterocycles. The van der Waals surface area contributed by atoms with Crippen LogP contribution in [0.1, 0.15) is 11.1 Å². The second kappa shape index (κ2) is 6.87. The number of benzene rings is 2. The predicted octanol–water partition coefficient (Wildman–Crippen LogP) is 3.60. The zero-order valence-corrected chi connectivity index (χ0v) is 14.2. The third-order valence-electron chi connectivity index (χ3n) is 3.64. The van der Waals surface area contributed by atoms with E-state index in [1.807, 2.05) is 42.3 Å². The van der Waals surface area contributed by atoms with Crippen molar-refractivity contribution in [2.24, 2.45) is 0 Å². The SMILES string of the molecule is Cc1cccc(NC(=S)N(C)Cc2ccc3c(c2)OCCO3)c1. The first-order valence-corrected chi connectivity index (χ1v) is 8.00. The first kappa shape index (κ1) is 15.6. The standard InChI is InChI=1S/C18H20N2O2S/c1-13-4-3-5-15(10-13)19-18(23)20(2)12-14-6-7-16-17(11-14)22-9-8-21-16/h3-7,10-11H,8-9,12H2,1-2H3,(H,19,23). The molecule has 120 valence electrons. The van der Waals surface area contributed by atoms with Crippen LogP contribution in [0.15, 0.2) is 42.5 Å². The fraction of sp³-hybridized carbons (Fsp3) is 0.278. The summed E-state index contributed by atoms with van der Waals surface area (Å²) in [5, 5.41) is 3.95. The van der Waals surface area contributed by atoms with Gasteiger partial charge in [-0.2, -0.15) is 0 Å². The van der Waals surface area contributed by atoms with Crippen LogP contribution in [0.2, 0.25) is 0 Å². The van der Waals surface area contributed by atoms with E-state index in [0.29, 0.717) is 24.9 Å². The van der Waals surface area contributed by atoms with Crippen LogP contribution in [0.25, 0.3) is 0 Å². The van der Waals surface area contributed by atoms with Gasteiger partial charge in [0.05, 0.1) is 0 Å². The lowest BCUT2D eigenvalue weighted by atomic mass is 10.2. The minimum Gasteiger partial charge on any atom is -0.486 e. The van der Waals surface area contributed by atoms with Crippen molar-refractivity contribution >= 4 is 23.0 Å². The second-order valence-electron chi connectivity index (χ2n) is 5.63. The molecule has 0 fully saturated rings. The summed E-state index contributed by atoms with van der Waals surface area (Å²) in [6.07, 6.45) is 0. The summed E-state index contributed by atoms with van der Waals surface area (Å²) in [5.41, 5.74) is 3.33. The molecule has 1 heterocycles. The zero-order valence-electron chi connectivity index (χ0n) is 13.3. The van der Waals surface area contributed by atoms with Gasteiger partial charge in [0.1, 0.15) is 13.2 Å². The third kappa shape index (κ3) is 3.93. The lowest BCUT2D eigenvalue weighted by Gasteiger charge is -2.23. The minimum absolute atomic E-state index is 0.597. The zero-order chi connectivity index (χ0) is 16.2. The third-order valence-corrected chi connectivity index (χ3v) is 4.06. The smallest absolute Gasteiger partial charge is 0.173 e. The number of ether oxygens (including phenoxy) is 2. The molecule has 4 nitrogen and oxygen atoms in total. The molecule has 0 atom stereocenters. The Morgan fingerprint density at radius 1 is 1.13 bits per heavy atom. The molecule has 1 N–H and O–H groups in total. The monoisotopic (exact) mass is 328 g/mol. The van der Waals surface area contributed by atoms with Crippen LogP contribution in [-0.4, -0.2) is 30.3 Å². The van der Waals surface area contributed by atoms with Gasteiger partial charge in [-0.3, -0.25) is 0 Å². The Labute approximate surface area is 142 Å². The van der Waals surface area contributed by atoms with Crippen molar-refractivity contribution in [1.29, 1.82) is 0 Å². The average molecular weight is 328 g/mol. The summed E-state index contributed by atoms with van der Waals surface area (Å²) in [6, 6.07) is 14.2. The van der Waals surface area contributed by atoms with Crippen LogP contribution < -0.4 is 14.8 Å². The average Bonchev–Trinajstić information content (AvgIpc) is 2.54. The molecule has 0 unspecified atom stereocenters. The molecule has 0 aliphatic carbocycles. The Kier molecular flexibility index (Phi) is 4.67. The first-order valence-electron chi connectivity index (χ1n) is 7.59. The summed E-state index contributed by atoms with van der Waals surface area (Å²) in [7, 11) is 1.97. The normalized spacial score (nSPS) is 12.6. The number of rotatable bonds is 3. The Morgan fingerprint density at radius 3 is 2.70 bits per heavy atom. The summed E-state index contributed by atoms with van der Waals surface area (Å²) >= 11 is 5.48. The number of fused-ring (bicyclic) bond motifs is 1. The van der Waals surface area contributed by atoms with Gasteiger partial charge < -0.3 is 19.7 Å². The van der Waals surface area contributed by atoms with E-state index in [0.717, 1.165) is 22.7 Å². The van der Waals surface area contributed by atoms with Crippen molar-refractivity contribution in [1.82, 2.24) is 4.90 Å². The van der Waals surface area contributed by atoms with Gasteiger partial charge in [-0.05, 0) is 54.5 Å². The Morgan fingerprint density at radius 2 is 1.91 bits per heavy atom. The highest BCUT2D eigenvalue weighted by atomic mass is 32.1. The molecule has 0 radical (unpaired) electrons. The highest BCUT2D eigenvalue weighted by Crippen LogP contribution is 2.31. The molecule has 0 saturated carbocycles. The molecular weight excluding hydrogens is 308 g/mol. The lowest BCUT2D eigenvalue weighted by molar-refractivity contribution is 0.171. The molecule has 2 aromatic rings. The number of nitrogens with one attached hydrogen (secondary N) is 1. The van der Waals surface area contributed by atoms with Gasteiger partial charge in [0.2, 0.25) is 0 Å². The van der Waals surface area contributed by atoms with Gasteiger partial charge in [0, 0.05) is 19.3 Å². The van der Waals surface area contributed by atoms with Crippen LogP contribution in [0, 0.1) is 6.92 Å². The van der Waals surface area contributed by atoms with Crippen LogP contribution in [0.5, 0.6) is 11.5 Å². The first-order chi connectivity index (χ1) is 11.1. The number of thiocarbonyl (C=S) groups is 1. The van der Waals surface area contributed by atoms with Crippen molar-refractivity contribution in [3.63, 3.8) is 0 Å². The quantitative estimate of drug-likeness (QED) is 0.871. The van der Waals surface area contributed by atoms with Crippen LogP contribution >= 0.6 is 12.2 Å². The Bertz CT molecular complexity index is 718. The van der Waals surface area contributed by atoms with E-state index in [1.165, 1.54) is 5.56 Å². The van der Waals surface area contributed by atoms with Crippen LogP contribution in [0.3, 0.4) is 0 Å². The van der Waals surface area contributed by atoms with Crippen molar-refractivity contribution in [3.05, 3.63) is 53.6 Å². The molecule has 3 rings (SSSR count). The largest absolute Gasteiger partial charge is 0.486 e. The highest BCUT2D eigenvalue weighted by Gasteiger charge is 2.13. The van der Waals surface area contributed by atoms with Gasteiger partial charge in [-0.1, -0.05) is 18.2 Å². The predicted molar refractivity (Wildman–Crippen MR) is 96.3 cm³/mol. The van der Waals surface area contributed by atoms with Crippen molar-refractivity contribution in [2.75, 3.05) is 25.6 Å². The molecule has 0 bridgehead atoms. The number of aryl methyl sites for hydroxylation is 1. The van der Waals surface area contributed by atoms with Crippen molar-refractivity contribution in [2.45, 2.75) is 13.5 Å². The topological polar surface area (TPSA) is 33.7 Å². The van der Waals surface area contributed by atoms with E-state index in [2.05, 4.69) is 24.4 Å². The van der Waals surface area contributed by atoms with Crippen LogP contribution in [-0.2, 0) is 6.54 Å². The molecule has 0 saturated heterocycles. The molecule has 0 amide bonds. The van der Waals surface area contributed by atoms with E-state index in [-0.39, 0.29) is 0 Å². The van der Waals surface area contributed by atoms with Crippen LogP contribution in [0.4, 0.5) is 5.69 Å². The maximum absolute atomic E-state index is 5.62. The van der Waals surface area contributed by atoms with Gasteiger partial charge in [0.15, 0.2) is 16.6 Å². The fourth-order valence-corrected chi connectivity index (χ4v) is 2.66. The van der Waals surface area contributed by atoms with Gasteiger partial charge in [0.25, 0.3) is 0 Å². The van der Waals surface area contributed by atoms with Gasteiger partial charge in [-0.25, -0.2) is 0 Å². The van der Waals surface area contributed by atoms with Gasteiger partial charge in [-0.15, -0.1) is 0 Å². The lowest BCUT2D eigenvalue weighted by Crippen LogP contribution is -2.30. The van der Waals surface area contributed by atoms with E-state index >= 15 is 0 Å². The minimum atomic E-state index is 0.597. The fourth-order valence-electron chi connectivity index (χ4n) is 2.47. The molecule has 5 heteroatoms. The molecule has 1 aliphatic heterocycles. The van der Waals surface area contributed by atoms with E-state index in [9.17, 15) is 0 Å². The number of hydrogen-bond acceptors (Lipinski definition) is 3. The van der Waals surface area contributed by atoms with Gasteiger partial charge >= 0.3 is 0 Å². The molecule has 1 aliphatic rings. The summed E-state index contributed by atoms with van der Waals surface area (Å²) in [6.45, 7) is 3.97. The summed E-state index contributed by atoms with van der Waals surface area (Å²) in [4.78, 5) is 2.00. The molecule has 23 heavy (non-hydrogen) atoms. The number of hydrogen-bond donors (Lipinski definition) is 1. The van der Waals surface area contributed by atoms with E-state index in [1.54, 1.807) is 0 Å². The maximum atomic E-state index is 5.62. The summed E-state index contributed by atoms with van der Waals surface area (Å²) < 4.78 is 11.2. The Balaban J connectivity index is 1.64. The molecular formula is C18H20N2O2S. The van der Waals surface area contributed by atoms with E-state index < -0.39 is 0 Å². The number of anilines is 1. The van der Waals surface area contributed by atoms with E-state index in [4.69, 9.17) is 21.7 Å².